The maximum Gasteiger partial charge on any atom is 0.241 e. The van der Waals surface area contributed by atoms with E-state index in [-0.39, 0.29) is 11.5 Å². The van der Waals surface area contributed by atoms with Crippen molar-refractivity contribution in [2.24, 2.45) is 0 Å². The second-order valence-electron chi connectivity index (χ2n) is 5.32. The third-order valence-electron chi connectivity index (χ3n) is 3.75. The number of rotatable bonds is 3. The molecule has 2 heterocycles. The lowest BCUT2D eigenvalue weighted by molar-refractivity contribution is -0.181. The van der Waals surface area contributed by atoms with Crippen LogP contribution in [0.2, 0.25) is 0 Å². The second-order valence-corrected chi connectivity index (χ2v) is 7.03. The van der Waals surface area contributed by atoms with Gasteiger partial charge in [0, 0.05) is 0 Å². The molecule has 21 heavy (non-hydrogen) atoms. The SMILES string of the molecule is Cc1ccc(S(=O)(=O)N[C@H]2[C@@H]3OC[C@@H](O3)[C@@H](O)[C@@H]2O)cc1. The molecule has 7 nitrogen and oxygen atoms in total. The van der Waals surface area contributed by atoms with Gasteiger partial charge in [-0.15, -0.1) is 0 Å². The summed E-state index contributed by atoms with van der Waals surface area (Å²) >= 11 is 0. The van der Waals surface area contributed by atoms with Gasteiger partial charge in [-0.2, -0.15) is 0 Å². The predicted octanol–water partition coefficient (Wildman–Crippen LogP) is -0.881. The van der Waals surface area contributed by atoms with Gasteiger partial charge in [-0.25, -0.2) is 13.1 Å². The highest BCUT2D eigenvalue weighted by atomic mass is 32.2. The van der Waals surface area contributed by atoms with Crippen molar-refractivity contribution in [3.05, 3.63) is 29.8 Å². The number of hydrogen-bond acceptors (Lipinski definition) is 6. The van der Waals surface area contributed by atoms with Crippen LogP contribution in [-0.2, 0) is 19.5 Å². The number of aliphatic hydroxyl groups excluding tert-OH is 2. The number of sulfonamides is 1. The van der Waals surface area contributed by atoms with Crippen molar-refractivity contribution in [1.82, 2.24) is 4.72 Å². The first-order chi connectivity index (χ1) is 9.88. The van der Waals surface area contributed by atoms with Crippen molar-refractivity contribution in [2.75, 3.05) is 6.61 Å². The highest BCUT2D eigenvalue weighted by Gasteiger charge is 2.50. The summed E-state index contributed by atoms with van der Waals surface area (Å²) in [4.78, 5) is 0.0786. The molecule has 2 bridgehead atoms. The molecule has 0 radical (unpaired) electrons. The summed E-state index contributed by atoms with van der Waals surface area (Å²) < 4.78 is 37.6. The molecule has 3 rings (SSSR count). The van der Waals surface area contributed by atoms with Gasteiger partial charge in [-0.3, -0.25) is 0 Å². The van der Waals surface area contributed by atoms with Gasteiger partial charge in [-0.1, -0.05) is 17.7 Å². The average Bonchev–Trinajstić information content (AvgIpc) is 2.89. The van der Waals surface area contributed by atoms with E-state index in [9.17, 15) is 18.6 Å². The fourth-order valence-electron chi connectivity index (χ4n) is 2.49. The number of hydrogen-bond donors (Lipinski definition) is 3. The van der Waals surface area contributed by atoms with Crippen molar-refractivity contribution < 1.29 is 28.1 Å². The summed E-state index contributed by atoms with van der Waals surface area (Å²) in [5.74, 6) is 0. The van der Waals surface area contributed by atoms with Crippen LogP contribution < -0.4 is 4.72 Å². The van der Waals surface area contributed by atoms with Crippen LogP contribution in [0.1, 0.15) is 5.56 Å². The molecule has 0 spiro atoms. The van der Waals surface area contributed by atoms with Crippen LogP contribution in [0.25, 0.3) is 0 Å². The lowest BCUT2D eigenvalue weighted by atomic mass is 10.00. The molecular formula is C13H17NO6S. The second kappa shape index (κ2) is 5.31. The van der Waals surface area contributed by atoms with Gasteiger partial charge < -0.3 is 19.7 Å². The maximum absolute atomic E-state index is 12.3. The van der Waals surface area contributed by atoms with Crippen molar-refractivity contribution in [2.45, 2.75) is 42.5 Å². The minimum atomic E-state index is -3.84. The summed E-state index contributed by atoms with van der Waals surface area (Å²) in [6.07, 6.45) is -3.98. The van der Waals surface area contributed by atoms with Gasteiger partial charge in [0.1, 0.15) is 24.4 Å². The monoisotopic (exact) mass is 315 g/mol. The molecule has 2 aliphatic rings. The molecule has 0 saturated carbocycles. The van der Waals surface area contributed by atoms with E-state index in [2.05, 4.69) is 4.72 Å². The summed E-state index contributed by atoms with van der Waals surface area (Å²) in [7, 11) is -3.84. The first-order valence-corrected chi connectivity index (χ1v) is 8.09. The molecule has 1 aromatic carbocycles. The van der Waals surface area contributed by atoms with E-state index in [4.69, 9.17) is 9.47 Å². The topological polar surface area (TPSA) is 105 Å². The predicted molar refractivity (Wildman–Crippen MR) is 71.9 cm³/mol. The van der Waals surface area contributed by atoms with E-state index in [1.165, 1.54) is 12.1 Å². The third-order valence-corrected chi connectivity index (χ3v) is 5.22. The third kappa shape index (κ3) is 2.70. The first-order valence-electron chi connectivity index (χ1n) is 6.61. The number of benzene rings is 1. The molecule has 8 heteroatoms. The van der Waals surface area contributed by atoms with Crippen molar-refractivity contribution in [3.8, 4) is 0 Å². The Hall–Kier alpha value is -1.03. The average molecular weight is 315 g/mol. The van der Waals surface area contributed by atoms with E-state index < -0.39 is 40.7 Å². The first kappa shape index (κ1) is 14.9. The van der Waals surface area contributed by atoms with Gasteiger partial charge in [0.05, 0.1) is 11.5 Å². The molecule has 2 saturated heterocycles. The van der Waals surface area contributed by atoms with Crippen LogP contribution in [0.3, 0.4) is 0 Å². The van der Waals surface area contributed by atoms with Gasteiger partial charge >= 0.3 is 0 Å². The Kier molecular flexibility index (Phi) is 3.76. The van der Waals surface area contributed by atoms with E-state index in [0.29, 0.717) is 0 Å². The van der Waals surface area contributed by atoms with Crippen LogP contribution >= 0.6 is 0 Å². The van der Waals surface area contributed by atoms with Gasteiger partial charge in [-0.05, 0) is 19.1 Å². The number of ether oxygens (including phenoxy) is 2. The molecule has 116 valence electrons. The quantitative estimate of drug-likeness (QED) is 0.669. The molecule has 0 aromatic heterocycles. The molecule has 0 aliphatic carbocycles. The Bertz CT molecular complexity index is 616. The van der Waals surface area contributed by atoms with E-state index in [1.807, 2.05) is 6.92 Å². The summed E-state index contributed by atoms with van der Waals surface area (Å²) in [5, 5.41) is 19.9. The fourth-order valence-corrected chi connectivity index (χ4v) is 3.73. The minimum absolute atomic E-state index is 0.0786. The zero-order chi connectivity index (χ0) is 15.2. The molecule has 3 N–H and O–H groups in total. The van der Waals surface area contributed by atoms with E-state index in [1.54, 1.807) is 12.1 Å². The lowest BCUT2D eigenvalue weighted by Gasteiger charge is -2.35. The normalized spacial score (nSPS) is 35.9. The highest BCUT2D eigenvalue weighted by Crippen LogP contribution is 2.29. The number of aliphatic hydroxyl groups is 2. The maximum atomic E-state index is 12.3. The van der Waals surface area contributed by atoms with Crippen LogP contribution in [0.15, 0.2) is 29.2 Å². The fraction of sp³-hybridized carbons (Fsp3) is 0.538. The molecule has 0 unspecified atom stereocenters. The lowest BCUT2D eigenvalue weighted by Crippen LogP contribution is -2.60. The van der Waals surface area contributed by atoms with Gasteiger partial charge in [0.15, 0.2) is 6.29 Å². The standard InChI is InChI=1S/C13H17NO6S/c1-7-2-4-8(5-3-7)21(17,18)14-10-12(16)11(15)9-6-19-13(10)20-9/h2-5,9-16H,6H2,1H3/t9-,10-,11-,12-,13-/m1/s1. The number of fused-ring (bicyclic) bond motifs is 2. The number of aryl methyl sites for hydroxylation is 1. The van der Waals surface area contributed by atoms with Gasteiger partial charge in [0.25, 0.3) is 0 Å². The molecule has 0 amide bonds. The summed E-state index contributed by atoms with van der Waals surface area (Å²) in [6.45, 7) is 1.98. The smallest absolute Gasteiger partial charge is 0.241 e. The molecule has 1 aromatic rings. The number of nitrogens with one attached hydrogen (secondary N) is 1. The molecule has 5 atom stereocenters. The zero-order valence-corrected chi connectivity index (χ0v) is 12.2. The van der Waals surface area contributed by atoms with Crippen LogP contribution in [-0.4, -0.2) is 55.9 Å². The van der Waals surface area contributed by atoms with Crippen molar-refractivity contribution >= 4 is 10.0 Å². The van der Waals surface area contributed by atoms with Crippen molar-refractivity contribution in [1.29, 1.82) is 0 Å². The van der Waals surface area contributed by atoms with Crippen LogP contribution in [0, 0.1) is 6.92 Å². The van der Waals surface area contributed by atoms with E-state index in [0.717, 1.165) is 5.56 Å². The minimum Gasteiger partial charge on any atom is -0.388 e. The summed E-state index contributed by atoms with van der Waals surface area (Å²) in [6, 6.07) is 5.26. The Morgan fingerprint density at radius 2 is 1.86 bits per heavy atom. The summed E-state index contributed by atoms with van der Waals surface area (Å²) in [5.41, 5.74) is 0.937. The van der Waals surface area contributed by atoms with Gasteiger partial charge in [0.2, 0.25) is 10.0 Å². The Balaban J connectivity index is 1.83. The van der Waals surface area contributed by atoms with E-state index >= 15 is 0 Å². The van der Waals surface area contributed by atoms with Crippen LogP contribution in [0.5, 0.6) is 0 Å². The molecule has 2 aliphatic heterocycles. The Labute approximate surface area is 122 Å². The van der Waals surface area contributed by atoms with Crippen molar-refractivity contribution in [3.63, 3.8) is 0 Å². The molecular weight excluding hydrogens is 298 g/mol. The largest absolute Gasteiger partial charge is 0.388 e. The highest BCUT2D eigenvalue weighted by molar-refractivity contribution is 7.89. The molecule has 2 fully saturated rings. The van der Waals surface area contributed by atoms with Crippen LogP contribution in [0.4, 0.5) is 0 Å². The zero-order valence-electron chi connectivity index (χ0n) is 11.3. The Morgan fingerprint density at radius 3 is 2.52 bits per heavy atom. The Morgan fingerprint density at radius 1 is 1.19 bits per heavy atom.